The van der Waals surface area contributed by atoms with Gasteiger partial charge in [-0.1, -0.05) is 18.6 Å². The zero-order valence-corrected chi connectivity index (χ0v) is 11.2. The van der Waals surface area contributed by atoms with Gasteiger partial charge in [0.25, 0.3) is 5.71 Å². The van der Waals surface area contributed by atoms with Gasteiger partial charge in [0.05, 0.1) is 19.3 Å². The quantitative estimate of drug-likeness (QED) is 0.509. The summed E-state index contributed by atoms with van der Waals surface area (Å²) >= 11 is 0. The highest BCUT2D eigenvalue weighted by Crippen LogP contribution is 2.35. The van der Waals surface area contributed by atoms with Crippen molar-refractivity contribution in [3.8, 4) is 5.75 Å². The molecule has 0 amide bonds. The van der Waals surface area contributed by atoms with E-state index < -0.39 is 11.7 Å². The zero-order valence-electron chi connectivity index (χ0n) is 11.2. The number of aromatic hydroxyl groups is 1. The molecule has 3 rings (SSSR count). The Balaban J connectivity index is 1.87. The van der Waals surface area contributed by atoms with Crippen molar-refractivity contribution in [3.63, 3.8) is 0 Å². The average Bonchev–Trinajstić information content (AvgIpc) is 2.67. The van der Waals surface area contributed by atoms with Crippen LogP contribution in [0.3, 0.4) is 0 Å². The molecular weight excluding hydrogens is 258 g/mol. The van der Waals surface area contributed by atoms with E-state index in [2.05, 4.69) is 0 Å². The number of hydrogen-bond acceptors (Lipinski definition) is 4. The summed E-state index contributed by atoms with van der Waals surface area (Å²) in [6.45, 7) is 0. The second-order valence-corrected chi connectivity index (χ2v) is 5.48. The van der Waals surface area contributed by atoms with E-state index in [9.17, 15) is 15.1 Å². The summed E-state index contributed by atoms with van der Waals surface area (Å²) in [7, 11) is 0. The van der Waals surface area contributed by atoms with Crippen molar-refractivity contribution in [1.82, 2.24) is 0 Å². The van der Waals surface area contributed by atoms with E-state index in [0.29, 0.717) is 12.8 Å². The van der Waals surface area contributed by atoms with Gasteiger partial charge < -0.3 is 15.1 Å². The third-order valence-electron chi connectivity index (χ3n) is 4.08. The number of benzene rings is 1. The first-order valence-corrected chi connectivity index (χ1v) is 6.95. The van der Waals surface area contributed by atoms with Crippen LogP contribution < -0.4 is 0 Å². The van der Waals surface area contributed by atoms with E-state index in [-0.39, 0.29) is 17.9 Å². The topological polar surface area (TPSA) is 72.6 Å². The largest absolute Gasteiger partial charge is 0.620 e. The number of esters is 1. The number of carbonyl (C=O) groups is 1. The molecule has 0 unspecified atom stereocenters. The van der Waals surface area contributed by atoms with Crippen LogP contribution >= 0.6 is 0 Å². The number of nitrogens with zero attached hydrogens (tertiary/aromatic N) is 1. The lowest BCUT2D eigenvalue weighted by Crippen LogP contribution is -2.40. The molecule has 1 aliphatic heterocycles. The fraction of sp³-hybridized carbons (Fsp3) is 0.467. The molecule has 0 saturated heterocycles. The molecule has 0 aromatic heterocycles. The SMILES string of the molecule is O=C1OC2(CCCCC2)[N+]([O-])=C1Cc1ccc(O)cc1. The number of phenols is 1. The van der Waals surface area contributed by atoms with E-state index in [4.69, 9.17) is 4.74 Å². The Morgan fingerprint density at radius 2 is 1.85 bits per heavy atom. The Bertz CT molecular complexity index is 556. The molecule has 1 aromatic rings. The minimum Gasteiger partial charge on any atom is -0.620 e. The minimum atomic E-state index is -0.957. The molecule has 1 heterocycles. The van der Waals surface area contributed by atoms with Gasteiger partial charge in [-0.05, 0) is 30.5 Å². The van der Waals surface area contributed by atoms with Crippen molar-refractivity contribution in [2.45, 2.75) is 44.2 Å². The van der Waals surface area contributed by atoms with Crippen molar-refractivity contribution < 1.29 is 19.4 Å². The Morgan fingerprint density at radius 3 is 2.50 bits per heavy atom. The van der Waals surface area contributed by atoms with Gasteiger partial charge in [0.1, 0.15) is 5.75 Å². The van der Waals surface area contributed by atoms with Crippen LogP contribution in [0.5, 0.6) is 5.75 Å². The summed E-state index contributed by atoms with van der Waals surface area (Å²) < 4.78 is 6.19. The summed E-state index contributed by atoms with van der Waals surface area (Å²) in [5.41, 5.74) is 0.0164. The van der Waals surface area contributed by atoms with Gasteiger partial charge in [0, 0.05) is 0 Å². The molecule has 1 aliphatic carbocycles. The number of hydroxylamine groups is 1. The highest BCUT2D eigenvalue weighted by atomic mass is 16.6. The molecular formula is C15H17NO4. The molecule has 1 fully saturated rings. The maximum Gasteiger partial charge on any atom is 0.405 e. The first-order valence-electron chi connectivity index (χ1n) is 6.95. The average molecular weight is 275 g/mol. The monoisotopic (exact) mass is 275 g/mol. The molecule has 5 nitrogen and oxygen atoms in total. The number of rotatable bonds is 2. The zero-order chi connectivity index (χ0) is 14.2. The molecule has 0 atom stereocenters. The van der Waals surface area contributed by atoms with Crippen molar-refractivity contribution >= 4 is 11.7 Å². The van der Waals surface area contributed by atoms with Crippen molar-refractivity contribution in [1.29, 1.82) is 0 Å². The third-order valence-corrected chi connectivity index (χ3v) is 4.08. The van der Waals surface area contributed by atoms with E-state index in [1.165, 1.54) is 0 Å². The smallest absolute Gasteiger partial charge is 0.405 e. The number of carbonyl (C=O) groups excluding carboxylic acids is 1. The van der Waals surface area contributed by atoms with Gasteiger partial charge in [-0.25, -0.2) is 4.79 Å². The fourth-order valence-corrected chi connectivity index (χ4v) is 2.96. The van der Waals surface area contributed by atoms with Crippen molar-refractivity contribution in [3.05, 3.63) is 35.0 Å². The van der Waals surface area contributed by atoms with Crippen LogP contribution in [0.1, 0.15) is 37.7 Å². The van der Waals surface area contributed by atoms with Crippen molar-refractivity contribution in [2.24, 2.45) is 0 Å². The van der Waals surface area contributed by atoms with Crippen LogP contribution in [-0.2, 0) is 16.0 Å². The molecule has 1 aromatic carbocycles. The molecule has 106 valence electrons. The van der Waals surface area contributed by atoms with Gasteiger partial charge in [-0.3, -0.25) is 0 Å². The number of hydrogen-bond donors (Lipinski definition) is 1. The Morgan fingerprint density at radius 1 is 1.20 bits per heavy atom. The summed E-state index contributed by atoms with van der Waals surface area (Å²) in [5, 5.41) is 21.7. The van der Waals surface area contributed by atoms with E-state index in [1.54, 1.807) is 24.3 Å². The normalized spacial score (nSPS) is 21.3. The standard InChI is InChI=1S/C15H17NO4/c17-12-6-4-11(5-7-12)10-13-14(18)20-15(16(13)19)8-2-1-3-9-15/h4-7,17H,1-3,8-10H2. The van der Waals surface area contributed by atoms with Crippen LogP contribution in [0.2, 0.25) is 0 Å². The van der Waals surface area contributed by atoms with Crippen LogP contribution in [-0.4, -0.2) is 27.3 Å². The molecule has 1 spiro atoms. The minimum absolute atomic E-state index is 0.162. The Hall–Kier alpha value is -2.04. The van der Waals surface area contributed by atoms with Crippen LogP contribution in [0.25, 0.3) is 0 Å². The van der Waals surface area contributed by atoms with Crippen molar-refractivity contribution in [2.75, 3.05) is 0 Å². The summed E-state index contributed by atoms with van der Waals surface area (Å²) in [5.74, 6) is -0.342. The lowest BCUT2D eigenvalue weighted by Gasteiger charge is -2.29. The Labute approximate surface area is 117 Å². The lowest BCUT2D eigenvalue weighted by atomic mass is 9.92. The summed E-state index contributed by atoms with van der Waals surface area (Å²) in [6, 6.07) is 6.49. The molecule has 2 aliphatic rings. The van der Waals surface area contributed by atoms with E-state index >= 15 is 0 Å². The highest BCUT2D eigenvalue weighted by Gasteiger charge is 2.53. The molecule has 0 radical (unpaired) electrons. The van der Waals surface area contributed by atoms with Gasteiger partial charge in [0.2, 0.25) is 0 Å². The van der Waals surface area contributed by atoms with Crippen LogP contribution in [0.4, 0.5) is 0 Å². The highest BCUT2D eigenvalue weighted by molar-refractivity contribution is 6.35. The first-order chi connectivity index (χ1) is 9.61. The van der Waals surface area contributed by atoms with Gasteiger partial charge in [0.15, 0.2) is 0 Å². The maximum absolute atomic E-state index is 12.4. The number of ether oxygens (including phenoxy) is 1. The van der Waals surface area contributed by atoms with Crippen LogP contribution in [0, 0.1) is 5.21 Å². The second-order valence-electron chi connectivity index (χ2n) is 5.48. The van der Waals surface area contributed by atoms with Crippen LogP contribution in [0.15, 0.2) is 24.3 Å². The van der Waals surface area contributed by atoms with Gasteiger partial charge >= 0.3 is 11.7 Å². The fourth-order valence-electron chi connectivity index (χ4n) is 2.96. The lowest BCUT2D eigenvalue weighted by molar-refractivity contribution is -0.596. The van der Waals surface area contributed by atoms with E-state index in [1.807, 2.05) is 0 Å². The molecule has 0 bridgehead atoms. The molecule has 20 heavy (non-hydrogen) atoms. The second kappa shape index (κ2) is 4.81. The predicted octanol–water partition coefficient (Wildman–Crippen LogP) is 2.10. The molecule has 1 saturated carbocycles. The predicted molar refractivity (Wildman–Crippen MR) is 72.4 cm³/mol. The number of phenolic OH excluding ortho intramolecular Hbond substituents is 1. The van der Waals surface area contributed by atoms with E-state index in [0.717, 1.165) is 29.6 Å². The molecule has 5 heteroatoms. The Kier molecular flexibility index (Phi) is 3.12. The third kappa shape index (κ3) is 2.13. The maximum atomic E-state index is 12.4. The van der Waals surface area contributed by atoms with Gasteiger partial charge in [-0.2, -0.15) is 4.74 Å². The summed E-state index contributed by atoms with van der Waals surface area (Å²) in [6.07, 6.45) is 4.38. The molecule has 1 N–H and O–H groups in total. The summed E-state index contributed by atoms with van der Waals surface area (Å²) in [4.78, 5) is 12.0. The first kappa shape index (κ1) is 13.0. The van der Waals surface area contributed by atoms with Gasteiger partial charge in [-0.15, -0.1) is 0 Å².